The summed E-state index contributed by atoms with van der Waals surface area (Å²) < 4.78 is 4.96. The molecular formula is C10H11BrN2O4. The number of pyridine rings is 1. The average molecular weight is 303 g/mol. The van der Waals surface area contributed by atoms with Crippen LogP contribution in [0.1, 0.15) is 26.4 Å². The highest BCUT2D eigenvalue weighted by Gasteiger charge is 2.24. The predicted molar refractivity (Wildman–Crippen MR) is 65.0 cm³/mol. The molecule has 1 heterocycles. The van der Waals surface area contributed by atoms with Gasteiger partial charge in [0.1, 0.15) is 11.3 Å². The largest absolute Gasteiger partial charge is 0.495 e. The van der Waals surface area contributed by atoms with Crippen molar-refractivity contribution in [2.75, 3.05) is 12.4 Å². The molecule has 0 saturated heterocycles. The minimum absolute atomic E-state index is 0.0500. The number of Topliss-reactive ketones (excluding diaryl/α,β-unsaturated/α-hetero) is 1. The van der Waals surface area contributed by atoms with Crippen LogP contribution >= 0.6 is 15.9 Å². The number of alkyl halides is 1. The van der Waals surface area contributed by atoms with Gasteiger partial charge >= 0.3 is 0 Å². The van der Waals surface area contributed by atoms with Crippen LogP contribution in [0.25, 0.3) is 0 Å². The number of nitrogens with two attached hydrogens (primary N) is 1. The normalized spacial score (nSPS) is 10.1. The van der Waals surface area contributed by atoms with Crippen molar-refractivity contribution < 1.29 is 14.3 Å². The Balaban J connectivity index is 3.71. The summed E-state index contributed by atoms with van der Waals surface area (Å²) in [7, 11) is 1.27. The second-order valence-electron chi connectivity index (χ2n) is 3.28. The maximum Gasteiger partial charge on any atom is 0.264 e. The molecule has 0 aromatic carbocycles. The first-order valence-electron chi connectivity index (χ1n) is 4.63. The van der Waals surface area contributed by atoms with Crippen molar-refractivity contribution in [3.05, 3.63) is 27.2 Å². The van der Waals surface area contributed by atoms with Crippen molar-refractivity contribution in [3.63, 3.8) is 0 Å². The number of rotatable bonds is 4. The molecular weight excluding hydrogens is 292 g/mol. The van der Waals surface area contributed by atoms with E-state index < -0.39 is 11.5 Å². The number of nitrogens with one attached hydrogen (secondary N) is 1. The molecule has 92 valence electrons. The van der Waals surface area contributed by atoms with Gasteiger partial charge in [-0.25, -0.2) is 0 Å². The first kappa shape index (κ1) is 13.4. The number of carbonyl (C=O) groups is 2. The second kappa shape index (κ2) is 5.13. The minimum atomic E-state index is -0.938. The number of aryl methyl sites for hydroxylation is 1. The number of carbonyl (C=O) groups excluding carboxylic acids is 2. The highest BCUT2D eigenvalue weighted by atomic mass is 79.9. The van der Waals surface area contributed by atoms with Gasteiger partial charge in [-0.3, -0.25) is 14.4 Å². The number of methoxy groups -OCH3 is 1. The zero-order chi connectivity index (χ0) is 13.2. The molecule has 0 aliphatic heterocycles. The molecule has 1 aromatic heterocycles. The Labute approximate surface area is 105 Å². The van der Waals surface area contributed by atoms with Gasteiger partial charge in [0.05, 0.1) is 18.0 Å². The first-order chi connectivity index (χ1) is 7.93. The summed E-state index contributed by atoms with van der Waals surface area (Å²) in [4.78, 5) is 36.8. The first-order valence-corrected chi connectivity index (χ1v) is 5.76. The van der Waals surface area contributed by atoms with Crippen LogP contribution in [0.15, 0.2) is 4.79 Å². The van der Waals surface area contributed by atoms with Gasteiger partial charge in [0.15, 0.2) is 5.78 Å². The van der Waals surface area contributed by atoms with Crippen LogP contribution in [0.3, 0.4) is 0 Å². The van der Waals surface area contributed by atoms with Crippen LogP contribution in [0.2, 0.25) is 0 Å². The number of halogens is 1. The number of hydrogen-bond donors (Lipinski definition) is 2. The summed E-state index contributed by atoms with van der Waals surface area (Å²) in [5.41, 5.74) is 4.56. The highest BCUT2D eigenvalue weighted by molar-refractivity contribution is 9.09. The fourth-order valence-corrected chi connectivity index (χ4v) is 1.80. The van der Waals surface area contributed by atoms with E-state index in [1.165, 1.54) is 7.11 Å². The smallest absolute Gasteiger partial charge is 0.264 e. The Morgan fingerprint density at radius 3 is 2.41 bits per heavy atom. The number of H-pyrrole nitrogens is 1. The van der Waals surface area contributed by atoms with Gasteiger partial charge < -0.3 is 15.5 Å². The summed E-state index contributed by atoms with van der Waals surface area (Å²) in [6.07, 6.45) is 0. The number of amides is 1. The van der Waals surface area contributed by atoms with Crippen LogP contribution in [-0.2, 0) is 0 Å². The zero-order valence-electron chi connectivity index (χ0n) is 9.30. The molecule has 0 atom stereocenters. The molecule has 0 spiro atoms. The number of aromatic nitrogens is 1. The van der Waals surface area contributed by atoms with Crippen molar-refractivity contribution in [2.45, 2.75) is 6.92 Å². The third-order valence-electron chi connectivity index (χ3n) is 2.21. The van der Waals surface area contributed by atoms with Crippen molar-refractivity contribution in [1.82, 2.24) is 4.98 Å². The molecule has 7 heteroatoms. The van der Waals surface area contributed by atoms with Crippen molar-refractivity contribution >= 4 is 27.6 Å². The second-order valence-corrected chi connectivity index (χ2v) is 3.84. The van der Waals surface area contributed by atoms with Crippen LogP contribution in [0.4, 0.5) is 0 Å². The summed E-state index contributed by atoms with van der Waals surface area (Å²) in [6.45, 7) is 1.55. The molecule has 0 unspecified atom stereocenters. The van der Waals surface area contributed by atoms with Crippen LogP contribution in [0, 0.1) is 6.92 Å². The monoisotopic (exact) mass is 302 g/mol. The van der Waals surface area contributed by atoms with Gasteiger partial charge in [-0.2, -0.15) is 0 Å². The maximum absolute atomic E-state index is 11.7. The van der Waals surface area contributed by atoms with Gasteiger partial charge in [-0.05, 0) is 6.92 Å². The third kappa shape index (κ3) is 2.38. The lowest BCUT2D eigenvalue weighted by Gasteiger charge is -2.12. The topological polar surface area (TPSA) is 102 Å². The van der Waals surface area contributed by atoms with Gasteiger partial charge in [0.2, 0.25) is 0 Å². The lowest BCUT2D eigenvalue weighted by atomic mass is 10.1. The summed E-state index contributed by atoms with van der Waals surface area (Å²) >= 11 is 3.02. The Morgan fingerprint density at radius 2 is 2.00 bits per heavy atom. The van der Waals surface area contributed by atoms with Crippen molar-refractivity contribution in [1.29, 1.82) is 0 Å². The van der Waals surface area contributed by atoms with Crippen LogP contribution in [-0.4, -0.2) is 29.1 Å². The molecule has 17 heavy (non-hydrogen) atoms. The number of hydrogen-bond acceptors (Lipinski definition) is 4. The van der Waals surface area contributed by atoms with E-state index in [-0.39, 0.29) is 28.0 Å². The quantitative estimate of drug-likeness (QED) is 0.619. The van der Waals surface area contributed by atoms with E-state index in [0.717, 1.165) is 0 Å². The minimum Gasteiger partial charge on any atom is -0.495 e. The third-order valence-corrected chi connectivity index (χ3v) is 2.72. The van der Waals surface area contributed by atoms with Crippen molar-refractivity contribution in [3.8, 4) is 5.75 Å². The molecule has 1 aromatic rings. The summed E-state index contributed by atoms with van der Waals surface area (Å²) in [5.74, 6) is -1.33. The van der Waals surface area contributed by atoms with Gasteiger partial charge in [0, 0.05) is 5.69 Å². The van der Waals surface area contributed by atoms with E-state index in [1.807, 2.05) is 0 Å². The summed E-state index contributed by atoms with van der Waals surface area (Å²) in [6, 6.07) is 0. The van der Waals surface area contributed by atoms with Crippen LogP contribution < -0.4 is 16.0 Å². The van der Waals surface area contributed by atoms with E-state index in [9.17, 15) is 14.4 Å². The van der Waals surface area contributed by atoms with E-state index in [4.69, 9.17) is 10.5 Å². The van der Waals surface area contributed by atoms with Crippen LogP contribution in [0.5, 0.6) is 5.75 Å². The molecule has 0 bridgehead atoms. The SMILES string of the molecule is COc1c(C(=O)CBr)c(C)[nH]c(=O)c1C(N)=O. The highest BCUT2D eigenvalue weighted by Crippen LogP contribution is 2.23. The Kier molecular flexibility index (Phi) is 4.06. The van der Waals surface area contributed by atoms with E-state index >= 15 is 0 Å². The molecule has 0 aliphatic carbocycles. The molecule has 0 fully saturated rings. The summed E-state index contributed by atoms with van der Waals surface area (Å²) in [5, 5.41) is 0.0500. The predicted octanol–water partition coefficient (Wildman–Crippen LogP) is 0.368. The molecule has 0 radical (unpaired) electrons. The van der Waals surface area contributed by atoms with Gasteiger partial charge in [0.25, 0.3) is 11.5 Å². The molecule has 6 nitrogen and oxygen atoms in total. The number of ketones is 1. The fourth-order valence-electron chi connectivity index (χ4n) is 1.52. The lowest BCUT2D eigenvalue weighted by Crippen LogP contribution is -2.27. The van der Waals surface area contributed by atoms with E-state index in [2.05, 4.69) is 20.9 Å². The lowest BCUT2D eigenvalue weighted by molar-refractivity contribution is 0.0995. The molecule has 0 saturated carbocycles. The fraction of sp³-hybridized carbons (Fsp3) is 0.300. The zero-order valence-corrected chi connectivity index (χ0v) is 10.9. The number of primary amides is 1. The Morgan fingerprint density at radius 1 is 1.41 bits per heavy atom. The number of aromatic amines is 1. The Hall–Kier alpha value is -1.63. The average Bonchev–Trinajstić information content (AvgIpc) is 2.26. The van der Waals surface area contributed by atoms with E-state index in [0.29, 0.717) is 5.69 Å². The van der Waals surface area contributed by atoms with Gasteiger partial charge in [-0.1, -0.05) is 15.9 Å². The van der Waals surface area contributed by atoms with Gasteiger partial charge in [-0.15, -0.1) is 0 Å². The maximum atomic E-state index is 11.7. The standard InChI is InChI=1S/C10H11BrN2O4/c1-4-6(5(14)3-11)8(17-2)7(9(12)15)10(16)13-4/h3H2,1-2H3,(H2,12,15)(H,13,16). The molecule has 3 N–H and O–H groups in total. The molecule has 0 aliphatic rings. The number of ether oxygens (including phenoxy) is 1. The van der Waals surface area contributed by atoms with Crippen molar-refractivity contribution in [2.24, 2.45) is 5.73 Å². The molecule has 1 rings (SSSR count). The molecule has 1 amide bonds. The van der Waals surface area contributed by atoms with E-state index in [1.54, 1.807) is 6.92 Å². The Bertz CT molecular complexity index is 536.